The third-order valence-electron chi connectivity index (χ3n) is 6.21. The Hall–Kier alpha value is -3.13. The highest BCUT2D eigenvalue weighted by Crippen LogP contribution is 2.39. The van der Waals surface area contributed by atoms with Crippen LogP contribution < -0.4 is 10.6 Å². The topological polar surface area (TPSA) is 77.2 Å². The summed E-state index contributed by atoms with van der Waals surface area (Å²) in [6.07, 6.45) is 4.11. The first-order valence-corrected chi connectivity index (χ1v) is 10.7. The van der Waals surface area contributed by atoms with E-state index in [0.717, 1.165) is 51.2 Å². The van der Waals surface area contributed by atoms with Crippen LogP contribution in [0.5, 0.6) is 0 Å². The molecule has 4 aromatic rings. The SMILES string of the molecule is NC1(c2ccc(-c3ccc4ncnc(N5CCc6cc(F)c(Cl)cc65)c4c3)cn2)COC1. The van der Waals surface area contributed by atoms with Crippen molar-refractivity contribution in [2.45, 2.75) is 12.0 Å². The molecule has 0 bridgehead atoms. The lowest BCUT2D eigenvalue weighted by molar-refractivity contribution is -0.0590. The number of rotatable bonds is 3. The van der Waals surface area contributed by atoms with Crippen molar-refractivity contribution in [3.63, 3.8) is 0 Å². The maximum Gasteiger partial charge on any atom is 0.144 e. The first-order chi connectivity index (χ1) is 15.5. The predicted molar refractivity (Wildman–Crippen MR) is 122 cm³/mol. The Morgan fingerprint density at radius 3 is 2.62 bits per heavy atom. The second-order valence-corrected chi connectivity index (χ2v) is 8.71. The Balaban J connectivity index is 1.42. The number of nitrogens with zero attached hydrogens (tertiary/aromatic N) is 4. The van der Waals surface area contributed by atoms with Gasteiger partial charge in [0.2, 0.25) is 0 Å². The molecule has 2 N–H and O–H groups in total. The van der Waals surface area contributed by atoms with Gasteiger partial charge in [0.1, 0.15) is 23.5 Å². The van der Waals surface area contributed by atoms with Crippen LogP contribution in [-0.4, -0.2) is 34.7 Å². The predicted octanol–water partition coefficient (Wildman–Crippen LogP) is 4.36. The molecule has 2 aliphatic rings. The van der Waals surface area contributed by atoms with E-state index in [-0.39, 0.29) is 5.02 Å². The highest BCUT2D eigenvalue weighted by Gasteiger charge is 2.37. The molecule has 0 radical (unpaired) electrons. The Bertz CT molecular complexity index is 1360. The molecule has 0 unspecified atom stereocenters. The van der Waals surface area contributed by atoms with E-state index in [1.54, 1.807) is 12.4 Å². The van der Waals surface area contributed by atoms with Crippen LogP contribution in [0.25, 0.3) is 22.0 Å². The lowest BCUT2D eigenvalue weighted by Crippen LogP contribution is -2.54. The van der Waals surface area contributed by atoms with Crippen molar-refractivity contribution in [2.24, 2.45) is 5.73 Å². The Morgan fingerprint density at radius 1 is 1.03 bits per heavy atom. The van der Waals surface area contributed by atoms with Crippen LogP contribution in [0.2, 0.25) is 5.02 Å². The van der Waals surface area contributed by atoms with Gasteiger partial charge in [-0.3, -0.25) is 4.98 Å². The van der Waals surface area contributed by atoms with Gasteiger partial charge in [-0.15, -0.1) is 0 Å². The van der Waals surface area contributed by atoms with E-state index in [1.165, 1.54) is 6.07 Å². The van der Waals surface area contributed by atoms with Crippen LogP contribution in [0.4, 0.5) is 15.9 Å². The van der Waals surface area contributed by atoms with Crippen LogP contribution >= 0.6 is 11.6 Å². The fourth-order valence-corrected chi connectivity index (χ4v) is 4.53. The molecule has 8 heteroatoms. The first-order valence-electron chi connectivity index (χ1n) is 10.4. The summed E-state index contributed by atoms with van der Waals surface area (Å²) in [5.74, 6) is 0.376. The quantitative estimate of drug-likeness (QED) is 0.502. The van der Waals surface area contributed by atoms with Crippen LogP contribution in [-0.2, 0) is 16.7 Å². The van der Waals surface area contributed by atoms with E-state index in [4.69, 9.17) is 22.1 Å². The van der Waals surface area contributed by atoms with Gasteiger partial charge in [-0.1, -0.05) is 23.7 Å². The number of hydrogen-bond acceptors (Lipinski definition) is 6. The molecule has 6 nitrogen and oxygen atoms in total. The molecule has 0 saturated carbocycles. The van der Waals surface area contributed by atoms with Crippen LogP contribution in [0, 0.1) is 5.82 Å². The minimum absolute atomic E-state index is 0.107. The molecule has 2 aromatic carbocycles. The van der Waals surface area contributed by atoms with Crippen LogP contribution in [0.1, 0.15) is 11.3 Å². The molecule has 0 spiro atoms. The maximum absolute atomic E-state index is 13.9. The molecule has 0 amide bonds. The van der Waals surface area contributed by atoms with Crippen molar-refractivity contribution in [3.05, 3.63) is 77.1 Å². The van der Waals surface area contributed by atoms with Crippen molar-refractivity contribution in [1.82, 2.24) is 15.0 Å². The molecule has 1 fully saturated rings. The molecule has 160 valence electrons. The number of pyridine rings is 1. The molecule has 4 heterocycles. The summed E-state index contributed by atoms with van der Waals surface area (Å²) in [6, 6.07) is 13.2. The van der Waals surface area contributed by atoms with Gasteiger partial charge in [-0.05, 0) is 47.9 Å². The zero-order valence-electron chi connectivity index (χ0n) is 17.1. The third-order valence-corrected chi connectivity index (χ3v) is 6.50. The van der Waals surface area contributed by atoms with Gasteiger partial charge in [0, 0.05) is 29.4 Å². The van der Waals surface area contributed by atoms with Gasteiger partial charge in [0.05, 0.1) is 29.4 Å². The zero-order valence-corrected chi connectivity index (χ0v) is 17.8. The lowest BCUT2D eigenvalue weighted by atomic mass is 9.93. The van der Waals surface area contributed by atoms with E-state index in [2.05, 4.69) is 25.9 Å². The summed E-state index contributed by atoms with van der Waals surface area (Å²) in [7, 11) is 0. The molecule has 6 rings (SSSR count). The summed E-state index contributed by atoms with van der Waals surface area (Å²) in [5.41, 5.74) is 11.2. The number of halogens is 2. The fourth-order valence-electron chi connectivity index (χ4n) is 4.37. The second-order valence-electron chi connectivity index (χ2n) is 8.31. The van der Waals surface area contributed by atoms with E-state index < -0.39 is 11.4 Å². The van der Waals surface area contributed by atoms with Crippen LogP contribution in [0.15, 0.2) is 55.0 Å². The fraction of sp³-hybridized carbons (Fsp3) is 0.208. The summed E-state index contributed by atoms with van der Waals surface area (Å²) in [4.78, 5) is 15.7. The Labute approximate surface area is 188 Å². The van der Waals surface area contributed by atoms with Gasteiger partial charge in [0.25, 0.3) is 0 Å². The lowest BCUT2D eigenvalue weighted by Gasteiger charge is -2.37. The highest BCUT2D eigenvalue weighted by molar-refractivity contribution is 6.31. The highest BCUT2D eigenvalue weighted by atomic mass is 35.5. The molecule has 2 aromatic heterocycles. The number of aromatic nitrogens is 3. The Kier molecular flexibility index (Phi) is 4.40. The number of nitrogens with two attached hydrogens (primary N) is 1. The summed E-state index contributed by atoms with van der Waals surface area (Å²) < 4.78 is 19.2. The molecule has 32 heavy (non-hydrogen) atoms. The number of benzene rings is 2. The smallest absolute Gasteiger partial charge is 0.144 e. The number of ether oxygens (including phenoxy) is 1. The van der Waals surface area contributed by atoms with Crippen molar-refractivity contribution in [3.8, 4) is 11.1 Å². The number of hydrogen-bond donors (Lipinski definition) is 1. The third kappa shape index (κ3) is 3.04. The minimum Gasteiger partial charge on any atom is -0.377 e. The first kappa shape index (κ1) is 19.5. The van der Waals surface area contributed by atoms with Gasteiger partial charge in [-0.2, -0.15) is 0 Å². The molecular weight excluding hydrogens is 429 g/mol. The van der Waals surface area contributed by atoms with E-state index in [0.29, 0.717) is 19.8 Å². The number of anilines is 2. The van der Waals surface area contributed by atoms with Gasteiger partial charge in [0.15, 0.2) is 0 Å². The standard InChI is InChI=1S/C24H19ClFN5O/c25-18-9-21-15(8-19(18)26)5-6-31(21)23-17-7-14(1-3-20(17)29-13-30-23)16-2-4-22(28-10-16)24(27)11-32-12-24/h1-4,7-10,13H,5-6,11-12,27H2. The van der Waals surface area contributed by atoms with E-state index in [9.17, 15) is 4.39 Å². The molecular formula is C24H19ClFN5O. The van der Waals surface area contributed by atoms with Gasteiger partial charge >= 0.3 is 0 Å². The molecule has 2 aliphatic heterocycles. The largest absolute Gasteiger partial charge is 0.377 e. The summed E-state index contributed by atoms with van der Waals surface area (Å²) >= 11 is 6.07. The number of fused-ring (bicyclic) bond motifs is 2. The molecule has 0 aliphatic carbocycles. The molecule has 1 saturated heterocycles. The van der Waals surface area contributed by atoms with Gasteiger partial charge in [-0.25, -0.2) is 14.4 Å². The van der Waals surface area contributed by atoms with Crippen molar-refractivity contribution in [2.75, 3.05) is 24.7 Å². The summed E-state index contributed by atoms with van der Waals surface area (Å²) in [6.45, 7) is 1.67. The maximum atomic E-state index is 13.9. The van der Waals surface area contributed by atoms with Crippen molar-refractivity contribution in [1.29, 1.82) is 0 Å². The minimum atomic E-state index is -0.493. The second kappa shape index (κ2) is 7.20. The van der Waals surface area contributed by atoms with Crippen molar-refractivity contribution < 1.29 is 9.13 Å². The van der Waals surface area contributed by atoms with E-state index in [1.807, 2.05) is 30.5 Å². The summed E-state index contributed by atoms with van der Waals surface area (Å²) in [5, 5.41) is 1.01. The average Bonchev–Trinajstić information content (AvgIpc) is 3.19. The monoisotopic (exact) mass is 447 g/mol. The van der Waals surface area contributed by atoms with E-state index >= 15 is 0 Å². The molecule has 0 atom stereocenters. The zero-order chi connectivity index (χ0) is 21.9. The normalized spacial score (nSPS) is 16.8. The average molecular weight is 448 g/mol. The van der Waals surface area contributed by atoms with Crippen molar-refractivity contribution >= 4 is 34.0 Å². The van der Waals surface area contributed by atoms with Gasteiger partial charge < -0.3 is 15.4 Å². The van der Waals surface area contributed by atoms with Crippen LogP contribution in [0.3, 0.4) is 0 Å². The Morgan fingerprint density at radius 2 is 1.88 bits per heavy atom.